The van der Waals surface area contributed by atoms with Crippen LogP contribution >= 0.6 is 0 Å². The topological polar surface area (TPSA) is 49.2 Å². The highest BCUT2D eigenvalue weighted by Gasteiger charge is 2.33. The summed E-state index contributed by atoms with van der Waals surface area (Å²) in [5.41, 5.74) is 0.286. The van der Waals surface area contributed by atoms with E-state index in [4.69, 9.17) is 0 Å². The number of halogens is 3. The lowest BCUT2D eigenvalue weighted by Crippen LogP contribution is -2.35. The van der Waals surface area contributed by atoms with Crippen LogP contribution in [-0.4, -0.2) is 28.2 Å². The fraction of sp³-hybridized carbons (Fsp3) is 0.444. The Labute approximate surface area is 144 Å². The van der Waals surface area contributed by atoms with Gasteiger partial charge in [-0.2, -0.15) is 13.2 Å². The van der Waals surface area contributed by atoms with E-state index >= 15 is 0 Å². The first-order chi connectivity index (χ1) is 11.9. The Kier molecular flexibility index (Phi) is 5.11. The molecule has 1 aromatic heterocycles. The minimum absolute atomic E-state index is 0.159. The third-order valence-electron chi connectivity index (χ3n) is 4.61. The number of benzene rings is 1. The molecular formula is C18H20F3N3O. The second-order valence-electron chi connectivity index (χ2n) is 6.38. The molecule has 7 heteroatoms. The number of anilines is 1. The van der Waals surface area contributed by atoms with Crippen LogP contribution in [0.15, 0.2) is 36.5 Å². The molecule has 0 amide bonds. The van der Waals surface area contributed by atoms with Crippen molar-refractivity contribution >= 4 is 5.95 Å². The smallest absolute Gasteiger partial charge is 0.433 e. The molecule has 1 saturated heterocycles. The van der Waals surface area contributed by atoms with Crippen molar-refractivity contribution in [3.8, 4) is 5.75 Å². The van der Waals surface area contributed by atoms with Gasteiger partial charge >= 0.3 is 6.18 Å². The zero-order valence-corrected chi connectivity index (χ0v) is 13.7. The molecule has 0 saturated carbocycles. The van der Waals surface area contributed by atoms with Gasteiger partial charge in [-0.15, -0.1) is 0 Å². The minimum Gasteiger partial charge on any atom is -0.508 e. The fourth-order valence-corrected chi connectivity index (χ4v) is 3.11. The number of piperidine rings is 1. The molecule has 3 rings (SSSR count). The molecular weight excluding hydrogens is 331 g/mol. The van der Waals surface area contributed by atoms with Crippen LogP contribution in [-0.2, 0) is 12.6 Å². The summed E-state index contributed by atoms with van der Waals surface area (Å²) in [6.45, 7) is 1.34. The maximum absolute atomic E-state index is 12.8. The number of hydrogen-bond acceptors (Lipinski definition) is 4. The predicted molar refractivity (Wildman–Crippen MR) is 88.4 cm³/mol. The normalized spacial score (nSPS) is 16.2. The molecule has 0 atom stereocenters. The maximum atomic E-state index is 12.8. The highest BCUT2D eigenvalue weighted by Crippen LogP contribution is 2.29. The van der Waals surface area contributed by atoms with Crippen LogP contribution in [0.25, 0.3) is 0 Å². The summed E-state index contributed by atoms with van der Waals surface area (Å²) < 4.78 is 38.3. The Hall–Kier alpha value is -2.31. The molecule has 0 bridgehead atoms. The maximum Gasteiger partial charge on any atom is 0.433 e. The van der Waals surface area contributed by atoms with Crippen molar-refractivity contribution in [1.29, 1.82) is 0 Å². The monoisotopic (exact) mass is 351 g/mol. The summed E-state index contributed by atoms with van der Waals surface area (Å²) in [6.07, 6.45) is 0.518. The molecule has 0 unspecified atom stereocenters. The summed E-state index contributed by atoms with van der Waals surface area (Å²) in [5, 5.41) is 9.29. The van der Waals surface area contributed by atoms with E-state index in [0.717, 1.165) is 31.7 Å². The van der Waals surface area contributed by atoms with Gasteiger partial charge in [0.15, 0.2) is 0 Å². The lowest BCUT2D eigenvalue weighted by molar-refractivity contribution is -0.141. The van der Waals surface area contributed by atoms with Gasteiger partial charge in [-0.05, 0) is 55.4 Å². The Balaban J connectivity index is 1.52. The number of phenolic OH excluding ortho intramolecular Hbond substituents is 1. The van der Waals surface area contributed by atoms with Crippen LogP contribution in [0.5, 0.6) is 5.75 Å². The van der Waals surface area contributed by atoms with Gasteiger partial charge in [-0.25, -0.2) is 9.97 Å². The summed E-state index contributed by atoms with van der Waals surface area (Å²) in [6, 6.07) is 8.10. The molecule has 1 aliphatic heterocycles. The fourth-order valence-electron chi connectivity index (χ4n) is 3.11. The van der Waals surface area contributed by atoms with Crippen LogP contribution in [0.1, 0.15) is 30.5 Å². The van der Waals surface area contributed by atoms with Crippen molar-refractivity contribution in [3.05, 3.63) is 47.8 Å². The first-order valence-corrected chi connectivity index (χ1v) is 8.35. The average molecular weight is 351 g/mol. The van der Waals surface area contributed by atoms with E-state index in [2.05, 4.69) is 9.97 Å². The molecule has 0 aliphatic carbocycles. The van der Waals surface area contributed by atoms with E-state index in [0.29, 0.717) is 19.0 Å². The van der Waals surface area contributed by atoms with Gasteiger partial charge in [-0.1, -0.05) is 12.1 Å². The first kappa shape index (κ1) is 17.5. The Bertz CT molecular complexity index is 695. The van der Waals surface area contributed by atoms with Crippen molar-refractivity contribution in [3.63, 3.8) is 0 Å². The molecule has 1 fully saturated rings. The molecule has 4 nitrogen and oxygen atoms in total. The molecule has 1 N–H and O–H groups in total. The van der Waals surface area contributed by atoms with Gasteiger partial charge in [0.2, 0.25) is 5.95 Å². The van der Waals surface area contributed by atoms with Gasteiger partial charge in [0, 0.05) is 19.3 Å². The molecule has 1 aromatic carbocycles. The molecule has 0 spiro atoms. The van der Waals surface area contributed by atoms with Crippen molar-refractivity contribution in [2.45, 2.75) is 31.9 Å². The van der Waals surface area contributed by atoms with E-state index in [1.165, 1.54) is 11.8 Å². The number of hydrogen-bond donors (Lipinski definition) is 1. The lowest BCUT2D eigenvalue weighted by atomic mass is 9.90. The van der Waals surface area contributed by atoms with E-state index in [1.54, 1.807) is 12.1 Å². The highest BCUT2D eigenvalue weighted by atomic mass is 19.4. The number of rotatable bonds is 4. The number of aromatic nitrogens is 2. The summed E-state index contributed by atoms with van der Waals surface area (Å²) in [7, 11) is 0. The van der Waals surface area contributed by atoms with Crippen molar-refractivity contribution < 1.29 is 18.3 Å². The van der Waals surface area contributed by atoms with Gasteiger partial charge in [0.05, 0.1) is 0 Å². The van der Waals surface area contributed by atoms with Crippen LogP contribution in [0.3, 0.4) is 0 Å². The third-order valence-corrected chi connectivity index (χ3v) is 4.61. The van der Waals surface area contributed by atoms with E-state index in [1.807, 2.05) is 17.0 Å². The number of alkyl halides is 3. The summed E-state index contributed by atoms with van der Waals surface area (Å²) in [4.78, 5) is 9.48. The molecule has 134 valence electrons. The summed E-state index contributed by atoms with van der Waals surface area (Å²) >= 11 is 0. The average Bonchev–Trinajstić information content (AvgIpc) is 2.61. The second-order valence-corrected chi connectivity index (χ2v) is 6.38. The quantitative estimate of drug-likeness (QED) is 0.903. The Morgan fingerprint density at radius 2 is 1.76 bits per heavy atom. The van der Waals surface area contributed by atoms with E-state index < -0.39 is 11.9 Å². The number of phenols is 1. The van der Waals surface area contributed by atoms with Crippen molar-refractivity contribution in [2.24, 2.45) is 5.92 Å². The second kappa shape index (κ2) is 7.29. The van der Waals surface area contributed by atoms with E-state index in [-0.39, 0.29) is 11.7 Å². The Morgan fingerprint density at radius 1 is 1.08 bits per heavy atom. The standard InChI is InChI=1S/C18H20F3N3O/c19-18(20,21)16-7-10-22-17(23-16)24-11-8-14(9-12-24)2-1-13-3-5-15(25)6-4-13/h3-7,10,14,25H,1-2,8-9,11-12H2. The van der Waals surface area contributed by atoms with Gasteiger partial charge < -0.3 is 10.0 Å². The highest BCUT2D eigenvalue weighted by molar-refractivity contribution is 5.31. The van der Waals surface area contributed by atoms with Crippen LogP contribution in [0.4, 0.5) is 19.1 Å². The van der Waals surface area contributed by atoms with Crippen LogP contribution in [0, 0.1) is 5.92 Å². The number of nitrogens with zero attached hydrogens (tertiary/aromatic N) is 3. The number of aryl methyl sites for hydroxylation is 1. The third kappa shape index (κ3) is 4.61. The van der Waals surface area contributed by atoms with Crippen molar-refractivity contribution in [2.75, 3.05) is 18.0 Å². The van der Waals surface area contributed by atoms with Crippen LogP contribution in [0.2, 0.25) is 0 Å². The first-order valence-electron chi connectivity index (χ1n) is 8.35. The zero-order chi connectivity index (χ0) is 17.9. The molecule has 2 heterocycles. The van der Waals surface area contributed by atoms with Gasteiger partial charge in [-0.3, -0.25) is 0 Å². The van der Waals surface area contributed by atoms with Crippen molar-refractivity contribution in [1.82, 2.24) is 9.97 Å². The Morgan fingerprint density at radius 3 is 2.40 bits per heavy atom. The number of aromatic hydroxyl groups is 1. The SMILES string of the molecule is Oc1ccc(CCC2CCN(c3nccc(C(F)(F)F)n3)CC2)cc1. The van der Waals surface area contributed by atoms with Gasteiger partial charge in [0.25, 0.3) is 0 Å². The van der Waals surface area contributed by atoms with Gasteiger partial charge in [0.1, 0.15) is 11.4 Å². The lowest BCUT2D eigenvalue weighted by Gasteiger charge is -2.32. The van der Waals surface area contributed by atoms with Crippen LogP contribution < -0.4 is 4.90 Å². The predicted octanol–water partition coefficient (Wildman–Crippen LogP) is 4.05. The van der Waals surface area contributed by atoms with E-state index in [9.17, 15) is 18.3 Å². The largest absolute Gasteiger partial charge is 0.508 e. The molecule has 1 aliphatic rings. The molecule has 25 heavy (non-hydrogen) atoms. The molecule has 2 aromatic rings. The minimum atomic E-state index is -4.44. The summed E-state index contributed by atoms with van der Waals surface area (Å²) in [5.74, 6) is 0.959. The molecule has 0 radical (unpaired) electrons. The zero-order valence-electron chi connectivity index (χ0n) is 13.7.